The average Bonchev–Trinajstić information content (AvgIpc) is 3.37. The Balaban J connectivity index is 1.29. The zero-order valence-electron chi connectivity index (χ0n) is 19.7. The highest BCUT2D eigenvalue weighted by Gasteiger charge is 2.30. The van der Waals surface area contributed by atoms with Crippen molar-refractivity contribution in [1.82, 2.24) is 14.8 Å². The van der Waals surface area contributed by atoms with Gasteiger partial charge in [0.1, 0.15) is 31.5 Å². The lowest BCUT2D eigenvalue weighted by molar-refractivity contribution is -0.113. The summed E-state index contributed by atoms with van der Waals surface area (Å²) in [6.45, 7) is 1.08. The number of carbonyl (C=O) groups excluding carboxylic acids is 1. The van der Waals surface area contributed by atoms with Gasteiger partial charge < -0.3 is 24.3 Å². The van der Waals surface area contributed by atoms with Crippen LogP contribution in [0.1, 0.15) is 11.9 Å². The maximum Gasteiger partial charge on any atom is 0.234 e. The zero-order chi connectivity index (χ0) is 26.1. The number of para-hydroxylation sites is 2. The van der Waals surface area contributed by atoms with Crippen LogP contribution in [-0.2, 0) is 4.79 Å². The molecule has 6 rings (SSSR count). The number of nitrogens with zero attached hydrogens (tertiary/aromatic N) is 3. The SMILES string of the molecule is O=C(CSc1nnc([C@@H]2COc3ccccc3O2)n1-c1ccc2c(c1)OCCO2)Nc1ccc(F)cc1F. The number of aromatic nitrogens is 3. The molecule has 0 radical (unpaired) electrons. The van der Waals surface area contributed by atoms with Crippen LogP contribution >= 0.6 is 11.8 Å². The third kappa shape index (κ3) is 4.82. The third-order valence-electron chi connectivity index (χ3n) is 5.78. The molecule has 9 nitrogen and oxygen atoms in total. The van der Waals surface area contributed by atoms with E-state index in [0.29, 0.717) is 58.9 Å². The van der Waals surface area contributed by atoms with E-state index in [0.717, 1.165) is 17.8 Å². The molecule has 2 aliphatic heterocycles. The molecule has 1 amide bonds. The van der Waals surface area contributed by atoms with E-state index in [2.05, 4.69) is 15.5 Å². The van der Waals surface area contributed by atoms with Crippen molar-refractivity contribution in [1.29, 1.82) is 0 Å². The number of amides is 1. The van der Waals surface area contributed by atoms with Gasteiger partial charge in [0.05, 0.1) is 17.1 Å². The Morgan fingerprint density at radius 2 is 1.74 bits per heavy atom. The lowest BCUT2D eigenvalue weighted by atomic mass is 10.2. The van der Waals surface area contributed by atoms with Crippen LogP contribution in [0.25, 0.3) is 5.69 Å². The van der Waals surface area contributed by atoms with Gasteiger partial charge in [0.15, 0.2) is 40.1 Å². The molecule has 194 valence electrons. The van der Waals surface area contributed by atoms with Crippen LogP contribution in [0, 0.1) is 11.6 Å². The average molecular weight is 539 g/mol. The van der Waals surface area contributed by atoms with Crippen LogP contribution in [0.4, 0.5) is 14.5 Å². The summed E-state index contributed by atoms with van der Waals surface area (Å²) in [6.07, 6.45) is -0.581. The van der Waals surface area contributed by atoms with E-state index in [1.54, 1.807) is 22.8 Å². The number of carbonyl (C=O) groups is 1. The predicted octanol–water partition coefficient (Wildman–Crippen LogP) is 4.56. The molecule has 1 N–H and O–H groups in total. The predicted molar refractivity (Wildman–Crippen MR) is 133 cm³/mol. The van der Waals surface area contributed by atoms with Gasteiger partial charge in [-0.05, 0) is 36.4 Å². The van der Waals surface area contributed by atoms with E-state index in [-0.39, 0.29) is 18.0 Å². The number of thioether (sulfide) groups is 1. The number of anilines is 1. The van der Waals surface area contributed by atoms with E-state index in [4.69, 9.17) is 18.9 Å². The maximum absolute atomic E-state index is 14.0. The minimum Gasteiger partial charge on any atom is -0.486 e. The van der Waals surface area contributed by atoms with Gasteiger partial charge in [0, 0.05) is 12.1 Å². The topological polar surface area (TPSA) is 96.7 Å². The molecule has 3 heterocycles. The Bertz CT molecular complexity index is 1510. The van der Waals surface area contributed by atoms with Crippen molar-refractivity contribution < 1.29 is 32.5 Å². The van der Waals surface area contributed by atoms with Gasteiger partial charge in [0.25, 0.3) is 0 Å². The highest BCUT2D eigenvalue weighted by Crippen LogP contribution is 2.38. The molecule has 0 fully saturated rings. The molecular formula is C26H20F2N4O5S. The van der Waals surface area contributed by atoms with Gasteiger partial charge in [-0.3, -0.25) is 9.36 Å². The third-order valence-corrected chi connectivity index (χ3v) is 6.71. The number of hydrogen-bond donors (Lipinski definition) is 1. The van der Waals surface area contributed by atoms with Crippen LogP contribution in [0.2, 0.25) is 0 Å². The second kappa shape index (κ2) is 10.2. The first-order valence-corrected chi connectivity index (χ1v) is 12.7. The van der Waals surface area contributed by atoms with Crippen LogP contribution in [0.5, 0.6) is 23.0 Å². The number of fused-ring (bicyclic) bond motifs is 2. The van der Waals surface area contributed by atoms with Gasteiger partial charge in [-0.2, -0.15) is 0 Å². The highest BCUT2D eigenvalue weighted by molar-refractivity contribution is 7.99. The number of benzene rings is 3. The summed E-state index contributed by atoms with van der Waals surface area (Å²) in [5.74, 6) is 0.670. The molecule has 38 heavy (non-hydrogen) atoms. The fourth-order valence-corrected chi connectivity index (χ4v) is 4.81. The Labute approximate surface area is 219 Å². The molecule has 0 bridgehead atoms. The molecule has 4 aromatic rings. The second-order valence-electron chi connectivity index (χ2n) is 8.33. The first-order valence-electron chi connectivity index (χ1n) is 11.7. The molecule has 0 saturated carbocycles. The van der Waals surface area contributed by atoms with Crippen molar-refractivity contribution in [2.24, 2.45) is 0 Å². The molecule has 1 aromatic heterocycles. The Hall–Kier alpha value is -4.32. The number of ether oxygens (including phenoxy) is 4. The maximum atomic E-state index is 14.0. The monoisotopic (exact) mass is 538 g/mol. The zero-order valence-corrected chi connectivity index (χ0v) is 20.5. The van der Waals surface area contributed by atoms with E-state index in [1.165, 1.54) is 6.07 Å². The van der Waals surface area contributed by atoms with E-state index >= 15 is 0 Å². The Morgan fingerprint density at radius 3 is 2.58 bits per heavy atom. The smallest absolute Gasteiger partial charge is 0.234 e. The van der Waals surface area contributed by atoms with Crippen molar-refractivity contribution in [2.75, 3.05) is 30.9 Å². The first kappa shape index (κ1) is 24.0. The van der Waals surface area contributed by atoms with Crippen molar-refractivity contribution in [3.63, 3.8) is 0 Å². The van der Waals surface area contributed by atoms with E-state index in [9.17, 15) is 13.6 Å². The number of rotatable bonds is 6. The molecule has 2 aliphatic rings. The minimum atomic E-state index is -0.861. The van der Waals surface area contributed by atoms with E-state index < -0.39 is 23.6 Å². The van der Waals surface area contributed by atoms with Gasteiger partial charge in [-0.25, -0.2) is 8.78 Å². The van der Waals surface area contributed by atoms with Crippen molar-refractivity contribution in [3.05, 3.63) is 78.1 Å². The van der Waals surface area contributed by atoms with Gasteiger partial charge >= 0.3 is 0 Å². The van der Waals surface area contributed by atoms with Gasteiger partial charge in [-0.15, -0.1) is 10.2 Å². The second-order valence-corrected chi connectivity index (χ2v) is 9.27. The summed E-state index contributed by atoms with van der Waals surface area (Å²) in [4.78, 5) is 12.6. The van der Waals surface area contributed by atoms with Gasteiger partial charge in [-0.1, -0.05) is 23.9 Å². The number of halogens is 2. The normalized spacial score (nSPS) is 15.7. The van der Waals surface area contributed by atoms with E-state index in [1.807, 2.05) is 24.3 Å². The molecule has 0 aliphatic carbocycles. The molecular weight excluding hydrogens is 518 g/mol. The molecule has 12 heteroatoms. The van der Waals surface area contributed by atoms with Crippen LogP contribution in [-0.4, -0.2) is 46.2 Å². The number of nitrogens with one attached hydrogen (secondary N) is 1. The van der Waals surface area contributed by atoms with Crippen LogP contribution in [0.3, 0.4) is 0 Å². The van der Waals surface area contributed by atoms with Crippen LogP contribution < -0.4 is 24.3 Å². The minimum absolute atomic E-state index is 0.107. The van der Waals surface area contributed by atoms with Crippen molar-refractivity contribution in [2.45, 2.75) is 11.3 Å². The fourth-order valence-electron chi connectivity index (χ4n) is 4.05. The lowest BCUT2D eigenvalue weighted by Gasteiger charge is -2.26. The Morgan fingerprint density at radius 1 is 0.947 bits per heavy atom. The first-order chi connectivity index (χ1) is 18.5. The molecule has 0 spiro atoms. The molecule has 0 saturated heterocycles. The lowest BCUT2D eigenvalue weighted by Crippen LogP contribution is -2.25. The highest BCUT2D eigenvalue weighted by atomic mass is 32.2. The largest absolute Gasteiger partial charge is 0.486 e. The quantitative estimate of drug-likeness (QED) is 0.357. The summed E-state index contributed by atoms with van der Waals surface area (Å²) < 4.78 is 52.4. The summed E-state index contributed by atoms with van der Waals surface area (Å²) in [7, 11) is 0. The summed E-state index contributed by atoms with van der Waals surface area (Å²) in [6, 6.07) is 15.7. The molecule has 1 atom stereocenters. The van der Waals surface area contributed by atoms with Crippen molar-refractivity contribution in [3.8, 4) is 28.7 Å². The standard InChI is InChI=1S/C26H20F2N4O5S/c27-15-5-7-18(17(28)11-15)29-24(33)14-38-26-31-30-25(23-13-36-19-3-1-2-4-21(19)37-23)32(26)16-6-8-20-22(12-16)35-10-9-34-20/h1-8,11-12,23H,9-10,13-14H2,(H,29,33)/t23-/m0/s1. The number of hydrogen-bond acceptors (Lipinski definition) is 8. The Kier molecular flexibility index (Phi) is 6.46. The fraction of sp³-hybridized carbons (Fsp3) is 0.192. The van der Waals surface area contributed by atoms with Gasteiger partial charge in [0.2, 0.25) is 5.91 Å². The molecule has 3 aromatic carbocycles. The summed E-state index contributed by atoms with van der Waals surface area (Å²) in [5.41, 5.74) is 0.557. The van der Waals surface area contributed by atoms with Crippen LogP contribution in [0.15, 0.2) is 65.8 Å². The molecule has 0 unspecified atom stereocenters. The summed E-state index contributed by atoms with van der Waals surface area (Å²) in [5, 5.41) is 11.5. The summed E-state index contributed by atoms with van der Waals surface area (Å²) >= 11 is 1.10. The van der Waals surface area contributed by atoms with Crippen molar-refractivity contribution >= 4 is 23.4 Å².